The van der Waals surface area contributed by atoms with Gasteiger partial charge in [0.05, 0.1) is 13.7 Å². The van der Waals surface area contributed by atoms with E-state index < -0.39 is 17.9 Å². The Morgan fingerprint density at radius 1 is 0.929 bits per heavy atom. The number of carbonyl (C=O) groups is 3. The molecule has 0 saturated heterocycles. The van der Waals surface area contributed by atoms with Crippen molar-refractivity contribution in [2.45, 2.75) is 31.9 Å². The number of benzene rings is 2. The van der Waals surface area contributed by atoms with E-state index in [0.717, 1.165) is 5.56 Å². The van der Waals surface area contributed by atoms with Gasteiger partial charge in [0.1, 0.15) is 0 Å². The van der Waals surface area contributed by atoms with Crippen LogP contribution in [0.15, 0.2) is 60.7 Å². The Morgan fingerprint density at radius 2 is 1.57 bits per heavy atom. The molecule has 0 aliphatic heterocycles. The minimum absolute atomic E-state index is 0.156. The van der Waals surface area contributed by atoms with Gasteiger partial charge >= 0.3 is 5.97 Å². The van der Waals surface area contributed by atoms with Crippen molar-refractivity contribution in [2.75, 3.05) is 13.7 Å². The Bertz CT molecular complexity index is 761. The number of amides is 1. The average Bonchev–Trinajstić information content (AvgIpc) is 2.74. The lowest BCUT2D eigenvalue weighted by atomic mass is 10.1. The van der Waals surface area contributed by atoms with E-state index in [1.54, 1.807) is 30.3 Å². The van der Waals surface area contributed by atoms with Crippen LogP contribution in [0.3, 0.4) is 0 Å². The van der Waals surface area contributed by atoms with Crippen molar-refractivity contribution >= 4 is 17.7 Å². The summed E-state index contributed by atoms with van der Waals surface area (Å²) in [6, 6.07) is 16.9. The lowest BCUT2D eigenvalue weighted by molar-refractivity contribution is -0.146. The van der Waals surface area contributed by atoms with Crippen LogP contribution in [0, 0.1) is 0 Å². The molecular weight excluding hydrogens is 358 g/mol. The number of ether oxygens (including phenoxy) is 2. The predicted octanol–water partition coefficient (Wildman–Crippen LogP) is 2.91. The van der Waals surface area contributed by atoms with E-state index in [0.29, 0.717) is 31.6 Å². The summed E-state index contributed by atoms with van der Waals surface area (Å²) in [6.07, 6.45) is 1.39. The predicted molar refractivity (Wildman–Crippen MR) is 105 cm³/mol. The second kappa shape index (κ2) is 11.7. The molecule has 2 rings (SSSR count). The van der Waals surface area contributed by atoms with E-state index in [4.69, 9.17) is 4.74 Å². The van der Waals surface area contributed by atoms with E-state index in [9.17, 15) is 14.4 Å². The number of nitrogens with one attached hydrogen (secondary N) is 1. The first-order chi connectivity index (χ1) is 13.6. The van der Waals surface area contributed by atoms with Crippen molar-refractivity contribution in [3.63, 3.8) is 0 Å². The molecule has 0 bridgehead atoms. The van der Waals surface area contributed by atoms with E-state index in [1.807, 2.05) is 30.3 Å². The zero-order valence-electron chi connectivity index (χ0n) is 15.9. The zero-order chi connectivity index (χ0) is 20.2. The van der Waals surface area contributed by atoms with Gasteiger partial charge in [-0.15, -0.1) is 0 Å². The molecular formula is C22H25NO5. The number of carbonyl (C=O) groups excluding carboxylic acids is 3. The number of esters is 1. The Kier molecular flexibility index (Phi) is 8.88. The van der Waals surface area contributed by atoms with Gasteiger partial charge in [-0.25, -0.2) is 4.79 Å². The van der Waals surface area contributed by atoms with Gasteiger partial charge in [-0.2, -0.15) is 0 Å². The largest absolute Gasteiger partial charge is 0.467 e. The minimum atomic E-state index is -1.30. The van der Waals surface area contributed by atoms with E-state index in [1.165, 1.54) is 7.11 Å². The highest BCUT2D eigenvalue weighted by molar-refractivity contribution is 6.08. The third kappa shape index (κ3) is 6.96. The molecule has 0 aromatic heterocycles. The highest BCUT2D eigenvalue weighted by Gasteiger charge is 2.28. The Morgan fingerprint density at radius 3 is 2.21 bits per heavy atom. The standard InChI is InChI=1S/C22H25NO5/c1-27-22(26)20(23-21(25)18-12-6-3-7-13-18)19(24)14-8-9-15-28-16-17-10-4-2-5-11-17/h2-7,10-13,20H,8-9,14-16H2,1H3,(H,23,25). The molecule has 6 heteroatoms. The Balaban J connectivity index is 1.76. The summed E-state index contributed by atoms with van der Waals surface area (Å²) in [5.74, 6) is -1.63. The second-order valence-corrected chi connectivity index (χ2v) is 6.26. The number of unbranched alkanes of at least 4 members (excludes halogenated alkanes) is 1. The lowest BCUT2D eigenvalue weighted by Crippen LogP contribution is -2.47. The third-order valence-corrected chi connectivity index (χ3v) is 4.14. The van der Waals surface area contributed by atoms with Crippen LogP contribution in [0.1, 0.15) is 35.2 Å². The van der Waals surface area contributed by atoms with Crippen molar-refractivity contribution in [3.8, 4) is 0 Å². The zero-order valence-corrected chi connectivity index (χ0v) is 15.9. The number of rotatable bonds is 11. The summed E-state index contributed by atoms with van der Waals surface area (Å²) >= 11 is 0. The van der Waals surface area contributed by atoms with Gasteiger partial charge < -0.3 is 14.8 Å². The second-order valence-electron chi connectivity index (χ2n) is 6.26. The van der Waals surface area contributed by atoms with Crippen LogP contribution in [0.25, 0.3) is 0 Å². The number of hydrogen-bond donors (Lipinski definition) is 1. The van der Waals surface area contributed by atoms with Crippen molar-refractivity contribution in [2.24, 2.45) is 0 Å². The summed E-state index contributed by atoms with van der Waals surface area (Å²) < 4.78 is 10.2. The van der Waals surface area contributed by atoms with Gasteiger partial charge in [-0.1, -0.05) is 48.5 Å². The molecule has 0 aliphatic carbocycles. The molecule has 0 spiro atoms. The molecule has 6 nitrogen and oxygen atoms in total. The van der Waals surface area contributed by atoms with Gasteiger partial charge in [0.15, 0.2) is 11.8 Å². The van der Waals surface area contributed by atoms with Crippen LogP contribution in [-0.4, -0.2) is 37.4 Å². The molecule has 0 heterocycles. The number of methoxy groups -OCH3 is 1. The summed E-state index contributed by atoms with van der Waals surface area (Å²) in [7, 11) is 1.19. The first kappa shape index (κ1) is 21.3. The van der Waals surface area contributed by atoms with Gasteiger partial charge in [-0.05, 0) is 30.5 Å². The molecule has 1 N–H and O–H groups in total. The van der Waals surface area contributed by atoms with Gasteiger partial charge in [0.2, 0.25) is 0 Å². The van der Waals surface area contributed by atoms with Gasteiger partial charge in [0, 0.05) is 18.6 Å². The van der Waals surface area contributed by atoms with E-state index in [2.05, 4.69) is 10.1 Å². The average molecular weight is 383 g/mol. The Labute approximate surface area is 164 Å². The fourth-order valence-corrected chi connectivity index (χ4v) is 2.60. The number of Topliss-reactive ketones (excluding diaryl/α,β-unsaturated/α-hetero) is 1. The minimum Gasteiger partial charge on any atom is -0.467 e. The first-order valence-electron chi connectivity index (χ1n) is 9.20. The summed E-state index contributed by atoms with van der Waals surface area (Å²) in [6.45, 7) is 1.04. The number of ketones is 1. The lowest BCUT2D eigenvalue weighted by Gasteiger charge is -2.15. The van der Waals surface area contributed by atoms with Gasteiger partial charge in [-0.3, -0.25) is 9.59 Å². The Hall–Kier alpha value is -2.99. The maximum atomic E-state index is 12.4. The molecule has 0 radical (unpaired) electrons. The molecule has 1 atom stereocenters. The highest BCUT2D eigenvalue weighted by Crippen LogP contribution is 2.06. The van der Waals surface area contributed by atoms with E-state index >= 15 is 0 Å². The maximum Gasteiger partial charge on any atom is 0.336 e. The molecule has 1 unspecified atom stereocenters. The molecule has 2 aromatic carbocycles. The maximum absolute atomic E-state index is 12.4. The van der Waals surface area contributed by atoms with Crippen LogP contribution >= 0.6 is 0 Å². The van der Waals surface area contributed by atoms with Crippen LogP contribution in [0.2, 0.25) is 0 Å². The van der Waals surface area contributed by atoms with Gasteiger partial charge in [0.25, 0.3) is 5.91 Å². The summed E-state index contributed by atoms with van der Waals surface area (Å²) in [5, 5.41) is 2.46. The fourth-order valence-electron chi connectivity index (χ4n) is 2.60. The fraction of sp³-hybridized carbons (Fsp3) is 0.318. The number of hydrogen-bond acceptors (Lipinski definition) is 5. The summed E-state index contributed by atoms with van der Waals surface area (Å²) in [4.78, 5) is 36.6. The molecule has 0 fully saturated rings. The first-order valence-corrected chi connectivity index (χ1v) is 9.20. The molecule has 0 aliphatic rings. The quantitative estimate of drug-likeness (QED) is 0.367. The normalized spacial score (nSPS) is 11.5. The monoisotopic (exact) mass is 383 g/mol. The highest BCUT2D eigenvalue weighted by atomic mass is 16.5. The smallest absolute Gasteiger partial charge is 0.336 e. The molecule has 148 valence electrons. The van der Waals surface area contributed by atoms with Crippen LogP contribution in [0.5, 0.6) is 0 Å². The van der Waals surface area contributed by atoms with Crippen LogP contribution in [0.4, 0.5) is 0 Å². The molecule has 0 saturated carbocycles. The van der Waals surface area contributed by atoms with Crippen molar-refractivity contribution in [3.05, 3.63) is 71.8 Å². The van der Waals surface area contributed by atoms with Crippen molar-refractivity contribution in [1.29, 1.82) is 0 Å². The topological polar surface area (TPSA) is 81.7 Å². The SMILES string of the molecule is COC(=O)C(NC(=O)c1ccccc1)C(=O)CCCCOCc1ccccc1. The molecule has 28 heavy (non-hydrogen) atoms. The molecule has 2 aromatic rings. The van der Waals surface area contributed by atoms with Crippen LogP contribution in [-0.2, 0) is 25.7 Å². The third-order valence-electron chi connectivity index (χ3n) is 4.14. The summed E-state index contributed by atoms with van der Waals surface area (Å²) in [5.41, 5.74) is 1.46. The van der Waals surface area contributed by atoms with E-state index in [-0.39, 0.29) is 12.2 Å². The van der Waals surface area contributed by atoms with Crippen molar-refractivity contribution in [1.82, 2.24) is 5.32 Å². The molecule has 1 amide bonds. The van der Waals surface area contributed by atoms with Crippen molar-refractivity contribution < 1.29 is 23.9 Å². The van der Waals surface area contributed by atoms with Crippen LogP contribution < -0.4 is 5.32 Å².